The molecule has 1 atom stereocenters. The molecular formula is C15H15ClO2. The highest BCUT2D eigenvalue weighted by atomic mass is 35.5. The molecule has 0 amide bonds. The first-order valence-electron chi connectivity index (χ1n) is 5.75. The van der Waals surface area contributed by atoms with Crippen LogP contribution < -0.4 is 4.74 Å². The van der Waals surface area contributed by atoms with E-state index >= 15 is 0 Å². The van der Waals surface area contributed by atoms with Gasteiger partial charge in [-0.1, -0.05) is 54.6 Å². The van der Waals surface area contributed by atoms with Crippen molar-refractivity contribution in [2.45, 2.75) is 13.0 Å². The molecule has 0 saturated carbocycles. The highest BCUT2D eigenvalue weighted by molar-refractivity contribution is 6.29. The standard InChI is InChI=1S/C15H15ClO2/c1-10(16)9-18-15-13(11(2)17)8-7-12-5-3-4-6-14(12)15/h3-8,11,17H,1,9H2,2H3. The van der Waals surface area contributed by atoms with E-state index in [1.165, 1.54) is 0 Å². The van der Waals surface area contributed by atoms with E-state index in [1.807, 2.05) is 36.4 Å². The van der Waals surface area contributed by atoms with Crippen LogP contribution in [0.5, 0.6) is 5.75 Å². The second-order valence-corrected chi connectivity index (χ2v) is 4.72. The van der Waals surface area contributed by atoms with Gasteiger partial charge in [-0.05, 0) is 12.3 Å². The molecule has 0 bridgehead atoms. The summed E-state index contributed by atoms with van der Waals surface area (Å²) in [7, 11) is 0. The van der Waals surface area contributed by atoms with E-state index in [4.69, 9.17) is 16.3 Å². The molecule has 0 fully saturated rings. The van der Waals surface area contributed by atoms with Gasteiger partial charge in [-0.15, -0.1) is 0 Å². The lowest BCUT2D eigenvalue weighted by Crippen LogP contribution is -2.02. The molecule has 2 aromatic carbocycles. The van der Waals surface area contributed by atoms with Crippen molar-refractivity contribution in [2.75, 3.05) is 6.61 Å². The molecule has 2 rings (SSSR count). The molecule has 2 nitrogen and oxygen atoms in total. The second kappa shape index (κ2) is 5.42. The molecule has 0 spiro atoms. The third-order valence-corrected chi connectivity index (χ3v) is 2.84. The summed E-state index contributed by atoms with van der Waals surface area (Å²) in [5.41, 5.74) is 0.756. The predicted octanol–water partition coefficient (Wildman–Crippen LogP) is 4.02. The van der Waals surface area contributed by atoms with E-state index in [9.17, 15) is 5.11 Å². The van der Waals surface area contributed by atoms with Crippen LogP contribution in [0.25, 0.3) is 10.8 Å². The van der Waals surface area contributed by atoms with Gasteiger partial charge in [-0.25, -0.2) is 0 Å². The largest absolute Gasteiger partial charge is 0.487 e. The van der Waals surface area contributed by atoms with Crippen LogP contribution in [-0.4, -0.2) is 11.7 Å². The molecule has 0 aliphatic carbocycles. The number of aliphatic hydroxyl groups is 1. The van der Waals surface area contributed by atoms with Crippen molar-refractivity contribution in [3.8, 4) is 5.75 Å². The molecule has 18 heavy (non-hydrogen) atoms. The SMILES string of the molecule is C=C(Cl)COc1c(C(C)O)ccc2ccccc12. The molecule has 0 saturated heterocycles. The Bertz CT molecular complexity index is 576. The summed E-state index contributed by atoms with van der Waals surface area (Å²) in [5, 5.41) is 12.3. The Kier molecular flexibility index (Phi) is 3.90. The minimum atomic E-state index is -0.590. The van der Waals surface area contributed by atoms with Crippen LogP contribution in [0.1, 0.15) is 18.6 Å². The number of ether oxygens (including phenoxy) is 1. The van der Waals surface area contributed by atoms with E-state index in [1.54, 1.807) is 6.92 Å². The zero-order valence-corrected chi connectivity index (χ0v) is 10.9. The first-order chi connectivity index (χ1) is 8.59. The van der Waals surface area contributed by atoms with Crippen LogP contribution in [0.3, 0.4) is 0 Å². The Hall–Kier alpha value is -1.51. The fraction of sp³-hybridized carbons (Fsp3) is 0.200. The van der Waals surface area contributed by atoms with Gasteiger partial charge in [0.15, 0.2) is 0 Å². The van der Waals surface area contributed by atoms with Crippen LogP contribution >= 0.6 is 11.6 Å². The van der Waals surface area contributed by atoms with E-state index in [0.29, 0.717) is 10.8 Å². The van der Waals surface area contributed by atoms with E-state index < -0.39 is 6.10 Å². The van der Waals surface area contributed by atoms with Gasteiger partial charge < -0.3 is 9.84 Å². The van der Waals surface area contributed by atoms with Gasteiger partial charge in [0, 0.05) is 16.0 Å². The monoisotopic (exact) mass is 262 g/mol. The number of halogens is 1. The number of benzene rings is 2. The Balaban J connectivity index is 2.55. The lowest BCUT2D eigenvalue weighted by molar-refractivity contribution is 0.193. The summed E-state index contributed by atoms with van der Waals surface area (Å²) in [6.07, 6.45) is -0.590. The van der Waals surface area contributed by atoms with Gasteiger partial charge in [-0.2, -0.15) is 0 Å². The number of hydrogen-bond acceptors (Lipinski definition) is 2. The number of aliphatic hydroxyl groups excluding tert-OH is 1. The van der Waals surface area contributed by atoms with Crippen molar-refractivity contribution in [2.24, 2.45) is 0 Å². The van der Waals surface area contributed by atoms with Crippen LogP contribution in [0.4, 0.5) is 0 Å². The summed E-state index contributed by atoms with van der Waals surface area (Å²) in [6.45, 7) is 5.55. The number of rotatable bonds is 4. The van der Waals surface area contributed by atoms with Gasteiger partial charge in [0.1, 0.15) is 12.4 Å². The molecule has 0 aromatic heterocycles. The highest BCUT2D eigenvalue weighted by Gasteiger charge is 2.13. The lowest BCUT2D eigenvalue weighted by Gasteiger charge is -2.15. The smallest absolute Gasteiger partial charge is 0.133 e. The molecule has 94 valence electrons. The molecule has 2 aromatic rings. The van der Waals surface area contributed by atoms with Gasteiger partial charge in [0.2, 0.25) is 0 Å². The molecule has 0 aliphatic rings. The maximum absolute atomic E-state index is 9.79. The minimum absolute atomic E-state index is 0.231. The third-order valence-electron chi connectivity index (χ3n) is 2.73. The van der Waals surface area contributed by atoms with Crippen molar-refractivity contribution in [3.05, 3.63) is 53.6 Å². The van der Waals surface area contributed by atoms with Crippen molar-refractivity contribution in [1.29, 1.82) is 0 Å². The lowest BCUT2D eigenvalue weighted by atomic mass is 10.0. The third kappa shape index (κ3) is 2.66. The topological polar surface area (TPSA) is 29.5 Å². The van der Waals surface area contributed by atoms with Crippen LogP contribution in [0.15, 0.2) is 48.0 Å². The maximum atomic E-state index is 9.79. The Labute approximate surface area is 111 Å². The number of hydrogen-bond donors (Lipinski definition) is 1. The summed E-state index contributed by atoms with van der Waals surface area (Å²) >= 11 is 5.73. The average molecular weight is 263 g/mol. The van der Waals surface area contributed by atoms with Crippen LogP contribution in [0.2, 0.25) is 0 Å². The molecular weight excluding hydrogens is 248 g/mol. The molecule has 1 unspecified atom stereocenters. The van der Waals surface area contributed by atoms with Crippen molar-refractivity contribution in [1.82, 2.24) is 0 Å². The first-order valence-corrected chi connectivity index (χ1v) is 6.13. The highest BCUT2D eigenvalue weighted by Crippen LogP contribution is 2.33. The molecule has 0 radical (unpaired) electrons. The fourth-order valence-electron chi connectivity index (χ4n) is 1.90. The van der Waals surface area contributed by atoms with Crippen molar-refractivity contribution in [3.63, 3.8) is 0 Å². The van der Waals surface area contributed by atoms with Crippen LogP contribution in [-0.2, 0) is 0 Å². The van der Waals surface area contributed by atoms with Gasteiger partial charge in [-0.3, -0.25) is 0 Å². The quantitative estimate of drug-likeness (QED) is 0.902. The maximum Gasteiger partial charge on any atom is 0.133 e. The molecule has 0 heterocycles. The van der Waals surface area contributed by atoms with E-state index in [0.717, 1.165) is 16.3 Å². The zero-order chi connectivity index (χ0) is 13.1. The Morgan fingerprint density at radius 2 is 2.06 bits per heavy atom. The summed E-state index contributed by atoms with van der Waals surface area (Å²) in [6, 6.07) is 11.7. The van der Waals surface area contributed by atoms with Gasteiger partial charge >= 0.3 is 0 Å². The summed E-state index contributed by atoms with van der Waals surface area (Å²) < 4.78 is 5.68. The van der Waals surface area contributed by atoms with Gasteiger partial charge in [0.25, 0.3) is 0 Å². The molecule has 0 aliphatic heterocycles. The Morgan fingerprint density at radius 3 is 2.72 bits per heavy atom. The van der Waals surface area contributed by atoms with E-state index in [2.05, 4.69) is 6.58 Å². The minimum Gasteiger partial charge on any atom is -0.487 e. The second-order valence-electron chi connectivity index (χ2n) is 4.19. The zero-order valence-electron chi connectivity index (χ0n) is 10.2. The predicted molar refractivity (Wildman–Crippen MR) is 75.1 cm³/mol. The van der Waals surface area contributed by atoms with E-state index in [-0.39, 0.29) is 6.61 Å². The summed E-state index contributed by atoms with van der Waals surface area (Å²) in [4.78, 5) is 0. The van der Waals surface area contributed by atoms with Crippen LogP contribution in [0, 0.1) is 0 Å². The summed E-state index contributed by atoms with van der Waals surface area (Å²) in [5.74, 6) is 0.671. The Morgan fingerprint density at radius 1 is 1.33 bits per heavy atom. The molecule has 3 heteroatoms. The van der Waals surface area contributed by atoms with Gasteiger partial charge in [0.05, 0.1) is 6.10 Å². The van der Waals surface area contributed by atoms with Crippen molar-refractivity contribution < 1.29 is 9.84 Å². The normalized spacial score (nSPS) is 12.4. The first kappa shape index (κ1) is 12.9. The molecule has 1 N–H and O–H groups in total. The average Bonchev–Trinajstić information content (AvgIpc) is 2.35. The number of fused-ring (bicyclic) bond motifs is 1. The van der Waals surface area contributed by atoms with Crippen molar-refractivity contribution >= 4 is 22.4 Å². The fourth-order valence-corrected chi connectivity index (χ4v) is 1.95.